The van der Waals surface area contributed by atoms with Gasteiger partial charge in [-0.3, -0.25) is 4.57 Å². The summed E-state index contributed by atoms with van der Waals surface area (Å²) < 4.78 is 1.95. The molecule has 8 nitrogen and oxygen atoms in total. The molecule has 0 aromatic carbocycles. The highest BCUT2D eigenvalue weighted by atomic mass is 15.3. The number of H-pyrrole nitrogens is 1. The minimum Gasteiger partial charge on any atom is -0.351 e. The number of fused-ring (bicyclic) bond motifs is 1. The normalized spacial score (nSPS) is 15.0. The van der Waals surface area contributed by atoms with Gasteiger partial charge in [0.2, 0.25) is 5.95 Å². The van der Waals surface area contributed by atoms with Gasteiger partial charge < -0.3 is 10.3 Å². The van der Waals surface area contributed by atoms with E-state index in [4.69, 9.17) is 9.97 Å². The maximum absolute atomic E-state index is 4.86. The molecular formula is C22H26N8. The number of rotatable bonds is 4. The number of hydrogen-bond donors (Lipinski definition) is 2. The summed E-state index contributed by atoms with van der Waals surface area (Å²) in [6.07, 6.45) is 10.1. The molecule has 30 heavy (non-hydrogen) atoms. The van der Waals surface area contributed by atoms with E-state index in [1.165, 1.54) is 32.1 Å². The molecule has 0 unspecified atom stereocenters. The Labute approximate surface area is 175 Å². The lowest BCUT2D eigenvalue weighted by atomic mass is 9.96. The summed E-state index contributed by atoms with van der Waals surface area (Å²) in [5.41, 5.74) is 3.82. The molecule has 1 aliphatic rings. The van der Waals surface area contributed by atoms with Crippen LogP contribution in [0, 0.1) is 20.8 Å². The van der Waals surface area contributed by atoms with Gasteiger partial charge in [0.25, 0.3) is 0 Å². The Morgan fingerprint density at radius 1 is 1.00 bits per heavy atom. The van der Waals surface area contributed by atoms with Crippen LogP contribution in [0.3, 0.4) is 0 Å². The molecular weight excluding hydrogens is 376 g/mol. The molecule has 1 aliphatic carbocycles. The molecule has 0 atom stereocenters. The van der Waals surface area contributed by atoms with Crippen molar-refractivity contribution in [1.29, 1.82) is 0 Å². The van der Waals surface area contributed by atoms with Crippen LogP contribution in [0.2, 0.25) is 0 Å². The van der Waals surface area contributed by atoms with Crippen molar-refractivity contribution in [1.82, 2.24) is 34.7 Å². The number of nitrogens with zero attached hydrogens (tertiary/aromatic N) is 6. The topological polar surface area (TPSA) is 97.2 Å². The van der Waals surface area contributed by atoms with Gasteiger partial charge in [-0.05, 0) is 51.3 Å². The van der Waals surface area contributed by atoms with Crippen LogP contribution >= 0.6 is 0 Å². The van der Waals surface area contributed by atoms with Crippen LogP contribution in [0.1, 0.15) is 49.3 Å². The number of nitrogens with one attached hydrogen (secondary N) is 2. The summed E-state index contributed by atoms with van der Waals surface area (Å²) in [6.45, 7) is 5.90. The molecule has 0 aliphatic heterocycles. The first-order chi connectivity index (χ1) is 14.6. The average molecular weight is 403 g/mol. The maximum Gasteiger partial charge on any atom is 0.223 e. The van der Waals surface area contributed by atoms with Crippen LogP contribution in [-0.2, 0) is 0 Å². The van der Waals surface area contributed by atoms with Gasteiger partial charge in [-0.2, -0.15) is 0 Å². The van der Waals surface area contributed by atoms with Gasteiger partial charge in [-0.25, -0.2) is 15.0 Å². The van der Waals surface area contributed by atoms with Crippen LogP contribution in [-0.4, -0.2) is 40.7 Å². The Balaban J connectivity index is 1.51. The number of pyridine rings is 1. The molecule has 4 aromatic heterocycles. The summed E-state index contributed by atoms with van der Waals surface area (Å²) in [5, 5.41) is 12.8. The molecule has 2 N–H and O–H groups in total. The quantitative estimate of drug-likeness (QED) is 0.529. The number of aromatic nitrogens is 7. The molecule has 0 amide bonds. The van der Waals surface area contributed by atoms with Gasteiger partial charge in [0.1, 0.15) is 23.1 Å². The van der Waals surface area contributed by atoms with E-state index in [2.05, 4.69) is 31.5 Å². The van der Waals surface area contributed by atoms with E-state index in [0.717, 1.165) is 45.3 Å². The molecule has 1 fully saturated rings. The first-order valence-electron chi connectivity index (χ1n) is 10.6. The predicted octanol–water partition coefficient (Wildman–Crippen LogP) is 4.27. The highest BCUT2D eigenvalue weighted by Gasteiger charge is 2.17. The lowest BCUT2D eigenvalue weighted by Crippen LogP contribution is -2.23. The molecule has 0 bridgehead atoms. The SMILES string of the molecule is Cc1cnc(NC2CCCCC2)nc1-c1c[nH]c2nc(-n3c(C)nnc3C)ccc12. The Morgan fingerprint density at radius 3 is 2.53 bits per heavy atom. The molecule has 8 heteroatoms. The van der Waals surface area contributed by atoms with E-state index >= 15 is 0 Å². The third kappa shape index (κ3) is 3.32. The smallest absolute Gasteiger partial charge is 0.223 e. The molecule has 4 heterocycles. The van der Waals surface area contributed by atoms with Gasteiger partial charge in [-0.1, -0.05) is 19.3 Å². The second kappa shape index (κ2) is 7.51. The van der Waals surface area contributed by atoms with Crippen molar-refractivity contribution in [3.8, 4) is 17.1 Å². The third-order valence-corrected chi connectivity index (χ3v) is 5.90. The zero-order chi connectivity index (χ0) is 20.7. The lowest BCUT2D eigenvalue weighted by Gasteiger charge is -2.23. The molecule has 154 valence electrons. The molecule has 0 saturated heterocycles. The second-order valence-electron chi connectivity index (χ2n) is 8.10. The summed E-state index contributed by atoms with van der Waals surface area (Å²) in [5.74, 6) is 3.14. The minimum absolute atomic E-state index is 0.469. The van der Waals surface area contributed by atoms with E-state index in [0.29, 0.717) is 12.0 Å². The number of hydrogen-bond acceptors (Lipinski definition) is 6. The van der Waals surface area contributed by atoms with E-state index in [1.54, 1.807) is 0 Å². The predicted molar refractivity (Wildman–Crippen MR) is 117 cm³/mol. The number of aromatic amines is 1. The molecule has 5 rings (SSSR count). The highest BCUT2D eigenvalue weighted by Crippen LogP contribution is 2.30. The standard InChI is InChI=1S/C22H26N8/c1-13-11-24-22(25-16-7-5-4-6-8-16)27-20(13)18-12-23-21-17(18)9-10-19(26-21)30-14(2)28-29-15(30)3/h9-12,16H,4-8H2,1-3H3,(H,23,26)(H,24,25,27). The molecule has 1 saturated carbocycles. The monoisotopic (exact) mass is 402 g/mol. The zero-order valence-corrected chi connectivity index (χ0v) is 17.6. The van der Waals surface area contributed by atoms with Crippen molar-refractivity contribution >= 4 is 17.0 Å². The fourth-order valence-electron chi connectivity index (χ4n) is 4.33. The summed E-state index contributed by atoms with van der Waals surface area (Å²) in [4.78, 5) is 17.5. The van der Waals surface area contributed by atoms with Crippen molar-refractivity contribution < 1.29 is 0 Å². The second-order valence-corrected chi connectivity index (χ2v) is 8.10. The zero-order valence-electron chi connectivity index (χ0n) is 17.6. The molecule has 4 aromatic rings. The number of anilines is 1. The van der Waals surface area contributed by atoms with Gasteiger partial charge >= 0.3 is 0 Å². The van der Waals surface area contributed by atoms with Crippen molar-refractivity contribution in [2.45, 2.75) is 58.9 Å². The Kier molecular flexibility index (Phi) is 4.69. The first-order valence-corrected chi connectivity index (χ1v) is 10.6. The van der Waals surface area contributed by atoms with Gasteiger partial charge in [0.15, 0.2) is 0 Å². The highest BCUT2D eigenvalue weighted by molar-refractivity contribution is 5.93. The van der Waals surface area contributed by atoms with E-state index in [1.807, 2.05) is 43.8 Å². The minimum atomic E-state index is 0.469. The van der Waals surface area contributed by atoms with E-state index in [9.17, 15) is 0 Å². The largest absolute Gasteiger partial charge is 0.351 e. The first kappa shape index (κ1) is 18.7. The van der Waals surface area contributed by atoms with Crippen LogP contribution < -0.4 is 5.32 Å². The van der Waals surface area contributed by atoms with Gasteiger partial charge in [0, 0.05) is 29.4 Å². The third-order valence-electron chi connectivity index (χ3n) is 5.90. The van der Waals surface area contributed by atoms with Crippen LogP contribution in [0.25, 0.3) is 28.1 Å². The van der Waals surface area contributed by atoms with Crippen molar-refractivity contribution in [2.24, 2.45) is 0 Å². The van der Waals surface area contributed by atoms with Crippen molar-refractivity contribution in [3.05, 3.63) is 41.7 Å². The molecule has 0 spiro atoms. The Morgan fingerprint density at radius 2 is 1.77 bits per heavy atom. The van der Waals surface area contributed by atoms with E-state index in [-0.39, 0.29) is 0 Å². The van der Waals surface area contributed by atoms with Crippen LogP contribution in [0.15, 0.2) is 24.5 Å². The number of aryl methyl sites for hydroxylation is 3. The van der Waals surface area contributed by atoms with Gasteiger partial charge in [0.05, 0.1) is 5.69 Å². The fraction of sp³-hybridized carbons (Fsp3) is 0.409. The summed E-state index contributed by atoms with van der Waals surface area (Å²) >= 11 is 0. The maximum atomic E-state index is 4.86. The Bertz CT molecular complexity index is 1180. The van der Waals surface area contributed by atoms with Crippen LogP contribution in [0.4, 0.5) is 5.95 Å². The van der Waals surface area contributed by atoms with Crippen LogP contribution in [0.5, 0.6) is 0 Å². The summed E-state index contributed by atoms with van der Waals surface area (Å²) in [7, 11) is 0. The fourth-order valence-corrected chi connectivity index (χ4v) is 4.33. The van der Waals surface area contributed by atoms with E-state index < -0.39 is 0 Å². The lowest BCUT2D eigenvalue weighted by molar-refractivity contribution is 0.461. The van der Waals surface area contributed by atoms with Gasteiger partial charge in [-0.15, -0.1) is 10.2 Å². The molecule has 0 radical (unpaired) electrons. The average Bonchev–Trinajstić information content (AvgIpc) is 3.32. The summed E-state index contributed by atoms with van der Waals surface area (Å²) in [6, 6.07) is 4.55. The van der Waals surface area contributed by atoms with Crippen molar-refractivity contribution in [2.75, 3.05) is 5.32 Å². The van der Waals surface area contributed by atoms with Crippen molar-refractivity contribution in [3.63, 3.8) is 0 Å². The Hall–Kier alpha value is -3.29.